The minimum atomic E-state index is -0.969. The van der Waals surface area contributed by atoms with Crippen molar-refractivity contribution in [3.05, 3.63) is 64.5 Å². The van der Waals surface area contributed by atoms with E-state index in [0.29, 0.717) is 22.3 Å². The highest BCUT2D eigenvalue weighted by Crippen LogP contribution is 2.22. The molecule has 1 heterocycles. The Morgan fingerprint density at radius 3 is 2.54 bits per heavy atom. The fraction of sp³-hybridized carbons (Fsp3) is 0.158. The first kappa shape index (κ1) is 17.6. The standard InChI is InChI=1S/C19H15N3O3S/c1-2-14(18(24)25)22-15-5-3-4-6-16(15)26-19(22)21-17(23)13-9-7-12(11-20)8-10-13/h3-10,14H,2H2,1H3,(H,24,25)/b21-19-. The monoisotopic (exact) mass is 365 g/mol. The molecule has 7 heteroatoms. The summed E-state index contributed by atoms with van der Waals surface area (Å²) in [7, 11) is 0. The number of amides is 1. The van der Waals surface area contributed by atoms with Gasteiger partial charge in [0.2, 0.25) is 0 Å². The van der Waals surface area contributed by atoms with Crippen LogP contribution in [0.25, 0.3) is 10.2 Å². The first-order valence-corrected chi connectivity index (χ1v) is 8.79. The number of aromatic nitrogens is 1. The summed E-state index contributed by atoms with van der Waals surface area (Å²) >= 11 is 1.28. The molecule has 3 rings (SSSR count). The third-order valence-corrected chi connectivity index (χ3v) is 5.01. The molecule has 1 aromatic heterocycles. The van der Waals surface area contributed by atoms with Gasteiger partial charge in [-0.25, -0.2) is 4.79 Å². The van der Waals surface area contributed by atoms with Crippen molar-refractivity contribution in [2.45, 2.75) is 19.4 Å². The lowest BCUT2D eigenvalue weighted by Gasteiger charge is -2.13. The molecular weight excluding hydrogens is 350 g/mol. The molecule has 0 aliphatic rings. The van der Waals surface area contributed by atoms with Gasteiger partial charge in [-0.1, -0.05) is 30.4 Å². The van der Waals surface area contributed by atoms with E-state index in [1.807, 2.05) is 30.3 Å². The van der Waals surface area contributed by atoms with E-state index in [1.165, 1.54) is 23.5 Å². The van der Waals surface area contributed by atoms with E-state index in [1.54, 1.807) is 23.6 Å². The number of rotatable bonds is 4. The van der Waals surface area contributed by atoms with Crippen molar-refractivity contribution < 1.29 is 14.7 Å². The van der Waals surface area contributed by atoms with Crippen molar-refractivity contribution in [3.63, 3.8) is 0 Å². The number of carboxylic acid groups (broad SMARTS) is 1. The molecule has 1 N–H and O–H groups in total. The van der Waals surface area contributed by atoms with E-state index in [0.717, 1.165) is 10.2 Å². The topological polar surface area (TPSA) is 95.4 Å². The minimum Gasteiger partial charge on any atom is -0.480 e. The fourth-order valence-corrected chi connectivity index (χ4v) is 3.74. The van der Waals surface area contributed by atoms with Crippen LogP contribution in [0, 0.1) is 11.3 Å². The van der Waals surface area contributed by atoms with Gasteiger partial charge in [-0.3, -0.25) is 4.79 Å². The summed E-state index contributed by atoms with van der Waals surface area (Å²) < 4.78 is 2.46. The lowest BCUT2D eigenvalue weighted by molar-refractivity contribution is -0.140. The quantitative estimate of drug-likeness (QED) is 0.767. The average molecular weight is 365 g/mol. The van der Waals surface area contributed by atoms with Gasteiger partial charge >= 0.3 is 5.97 Å². The van der Waals surface area contributed by atoms with E-state index in [9.17, 15) is 14.7 Å². The largest absolute Gasteiger partial charge is 0.480 e. The highest BCUT2D eigenvalue weighted by atomic mass is 32.1. The first-order chi connectivity index (χ1) is 12.5. The number of carbonyl (C=O) groups is 2. The second-order valence-corrected chi connectivity index (χ2v) is 6.60. The maximum Gasteiger partial charge on any atom is 0.326 e. The van der Waals surface area contributed by atoms with Crippen LogP contribution in [0.1, 0.15) is 35.3 Å². The van der Waals surface area contributed by atoms with Crippen molar-refractivity contribution in [2.24, 2.45) is 4.99 Å². The van der Waals surface area contributed by atoms with Crippen LogP contribution >= 0.6 is 11.3 Å². The molecule has 3 aromatic rings. The molecule has 0 fully saturated rings. The van der Waals surface area contributed by atoms with Gasteiger partial charge in [0.05, 0.1) is 21.8 Å². The van der Waals surface area contributed by atoms with Crippen LogP contribution in [0.4, 0.5) is 0 Å². The van der Waals surface area contributed by atoms with Crippen molar-refractivity contribution in [2.75, 3.05) is 0 Å². The number of para-hydroxylation sites is 1. The number of hydrogen-bond donors (Lipinski definition) is 1. The second kappa shape index (κ2) is 7.33. The van der Waals surface area contributed by atoms with Crippen LogP contribution in [0.5, 0.6) is 0 Å². The Bertz CT molecular complexity index is 1090. The van der Waals surface area contributed by atoms with Crippen molar-refractivity contribution in [3.8, 4) is 6.07 Å². The molecule has 1 unspecified atom stereocenters. The highest BCUT2D eigenvalue weighted by Gasteiger charge is 2.21. The summed E-state index contributed by atoms with van der Waals surface area (Å²) in [5.41, 5.74) is 1.53. The van der Waals surface area contributed by atoms with Crippen LogP contribution in [-0.4, -0.2) is 21.6 Å². The van der Waals surface area contributed by atoms with Gasteiger partial charge in [-0.15, -0.1) is 0 Å². The summed E-state index contributed by atoms with van der Waals surface area (Å²) in [4.78, 5) is 28.7. The first-order valence-electron chi connectivity index (χ1n) is 7.97. The van der Waals surface area contributed by atoms with Crippen LogP contribution in [0.2, 0.25) is 0 Å². The zero-order chi connectivity index (χ0) is 18.7. The molecule has 0 spiro atoms. The predicted octanol–water partition coefficient (Wildman–Crippen LogP) is 3.35. The number of carbonyl (C=O) groups excluding carboxylic acids is 1. The molecule has 1 amide bonds. The van der Waals surface area contributed by atoms with E-state index < -0.39 is 17.9 Å². The fourth-order valence-electron chi connectivity index (χ4n) is 2.68. The van der Waals surface area contributed by atoms with E-state index in [4.69, 9.17) is 5.26 Å². The average Bonchev–Trinajstić information content (AvgIpc) is 3.00. The third-order valence-electron chi connectivity index (χ3n) is 3.97. The molecule has 1 atom stereocenters. The van der Waals surface area contributed by atoms with Gasteiger partial charge in [-0.2, -0.15) is 10.3 Å². The Labute approximate surface area is 153 Å². The van der Waals surface area contributed by atoms with Gasteiger partial charge in [0.1, 0.15) is 6.04 Å². The Morgan fingerprint density at radius 2 is 1.92 bits per heavy atom. The Kier molecular flexibility index (Phi) is 4.96. The van der Waals surface area contributed by atoms with Crippen LogP contribution < -0.4 is 4.80 Å². The normalized spacial score (nSPS) is 12.7. The molecule has 0 saturated heterocycles. The minimum absolute atomic E-state index is 0.342. The number of fused-ring (bicyclic) bond motifs is 1. The molecule has 26 heavy (non-hydrogen) atoms. The SMILES string of the molecule is CCC(C(=O)O)n1/c(=N/C(=O)c2ccc(C#N)cc2)sc2ccccc21. The maximum absolute atomic E-state index is 12.5. The molecule has 0 bridgehead atoms. The van der Waals surface area contributed by atoms with E-state index in [2.05, 4.69) is 4.99 Å². The number of aliphatic carboxylic acids is 1. The summed E-state index contributed by atoms with van der Waals surface area (Å²) in [5, 5.41) is 18.4. The highest BCUT2D eigenvalue weighted by molar-refractivity contribution is 7.16. The second-order valence-electron chi connectivity index (χ2n) is 5.59. The zero-order valence-electron chi connectivity index (χ0n) is 13.9. The molecule has 0 radical (unpaired) electrons. The maximum atomic E-state index is 12.5. The Balaban J connectivity index is 2.16. The molecule has 2 aromatic carbocycles. The Morgan fingerprint density at radius 1 is 1.23 bits per heavy atom. The van der Waals surface area contributed by atoms with Crippen molar-refractivity contribution >= 4 is 33.4 Å². The van der Waals surface area contributed by atoms with Crippen LogP contribution in [0.3, 0.4) is 0 Å². The third kappa shape index (κ3) is 3.27. The van der Waals surface area contributed by atoms with Gasteiger partial charge in [0.15, 0.2) is 4.80 Å². The zero-order valence-corrected chi connectivity index (χ0v) is 14.7. The van der Waals surface area contributed by atoms with E-state index in [-0.39, 0.29) is 0 Å². The lowest BCUT2D eigenvalue weighted by Crippen LogP contribution is -2.27. The molecule has 0 aliphatic carbocycles. The smallest absolute Gasteiger partial charge is 0.326 e. The number of thiazole rings is 1. The summed E-state index contributed by atoms with van der Waals surface area (Å²) in [6.07, 6.45) is 0.369. The van der Waals surface area contributed by atoms with Gasteiger partial charge < -0.3 is 9.67 Å². The molecule has 0 aliphatic heterocycles. The molecular formula is C19H15N3O3S. The van der Waals surface area contributed by atoms with Crippen LogP contribution in [0.15, 0.2) is 53.5 Å². The Hall–Kier alpha value is -3.24. The number of nitriles is 1. The summed E-state index contributed by atoms with van der Waals surface area (Å²) in [6.45, 7) is 1.78. The molecule has 0 saturated carbocycles. The number of benzene rings is 2. The van der Waals surface area contributed by atoms with Gasteiger partial charge in [-0.05, 0) is 42.8 Å². The molecule has 130 valence electrons. The predicted molar refractivity (Wildman–Crippen MR) is 97.8 cm³/mol. The van der Waals surface area contributed by atoms with Gasteiger partial charge in [0.25, 0.3) is 5.91 Å². The lowest BCUT2D eigenvalue weighted by atomic mass is 10.1. The summed E-state index contributed by atoms with van der Waals surface area (Å²) in [6, 6.07) is 14.7. The summed E-state index contributed by atoms with van der Waals surface area (Å²) in [5.74, 6) is -1.45. The van der Waals surface area contributed by atoms with Crippen LogP contribution in [-0.2, 0) is 4.79 Å². The van der Waals surface area contributed by atoms with Crippen molar-refractivity contribution in [1.29, 1.82) is 5.26 Å². The van der Waals surface area contributed by atoms with E-state index >= 15 is 0 Å². The van der Waals surface area contributed by atoms with Crippen molar-refractivity contribution in [1.82, 2.24) is 4.57 Å². The number of nitrogens with zero attached hydrogens (tertiary/aromatic N) is 3. The number of carboxylic acids is 1. The molecule has 6 nitrogen and oxygen atoms in total. The number of hydrogen-bond acceptors (Lipinski definition) is 4. The van der Waals surface area contributed by atoms with Gasteiger partial charge in [0, 0.05) is 5.56 Å².